The zero-order valence-electron chi connectivity index (χ0n) is 26.6. The summed E-state index contributed by atoms with van der Waals surface area (Å²) in [7, 11) is -2.66. The van der Waals surface area contributed by atoms with Crippen LogP contribution in [-0.2, 0) is 32.6 Å². The molecule has 5 rings (SSSR count). The molecule has 4 aromatic rings. The minimum Gasteiger partial charge on any atom is -0.497 e. The smallest absolute Gasteiger partial charge is 0.264 e. The monoisotopic (exact) mass is 673 g/mol. The minimum absolute atomic E-state index is 0.0265. The van der Waals surface area contributed by atoms with Crippen LogP contribution in [-0.4, -0.2) is 50.9 Å². The van der Waals surface area contributed by atoms with Gasteiger partial charge in [-0.2, -0.15) is 0 Å². The number of carbonyl (C=O) groups excluding carboxylic acids is 2. The van der Waals surface area contributed by atoms with E-state index in [0.29, 0.717) is 16.3 Å². The highest BCUT2D eigenvalue weighted by molar-refractivity contribution is 7.92. The van der Waals surface area contributed by atoms with Crippen molar-refractivity contribution >= 4 is 39.1 Å². The molecule has 8 nitrogen and oxygen atoms in total. The summed E-state index contributed by atoms with van der Waals surface area (Å²) in [6, 6.07) is 28.9. The van der Waals surface area contributed by atoms with Gasteiger partial charge in [0, 0.05) is 24.0 Å². The van der Waals surface area contributed by atoms with E-state index >= 15 is 0 Å². The van der Waals surface area contributed by atoms with E-state index in [1.165, 1.54) is 17.0 Å². The number of methoxy groups -OCH3 is 1. The molecule has 1 N–H and O–H groups in total. The zero-order valence-corrected chi connectivity index (χ0v) is 28.2. The minimum atomic E-state index is -4.22. The maximum Gasteiger partial charge on any atom is 0.264 e. The summed E-state index contributed by atoms with van der Waals surface area (Å²) in [5.74, 6) is -0.199. The van der Waals surface area contributed by atoms with E-state index in [-0.39, 0.29) is 35.5 Å². The number of ether oxygens (including phenoxy) is 1. The molecule has 0 heterocycles. The third-order valence-corrected chi connectivity index (χ3v) is 10.8. The Hall–Kier alpha value is -4.34. The number of nitrogens with zero attached hydrogens (tertiary/aromatic N) is 2. The number of halogens is 1. The van der Waals surface area contributed by atoms with Gasteiger partial charge in [-0.15, -0.1) is 0 Å². The van der Waals surface area contributed by atoms with Gasteiger partial charge in [0.2, 0.25) is 11.8 Å². The number of amides is 2. The third kappa shape index (κ3) is 8.34. The lowest BCUT2D eigenvalue weighted by Crippen LogP contribution is -2.54. The fraction of sp³-hybridized carbons (Fsp3) is 0.297. The van der Waals surface area contributed by atoms with Gasteiger partial charge in [-0.25, -0.2) is 8.42 Å². The molecule has 1 unspecified atom stereocenters. The molecule has 0 radical (unpaired) electrons. The molecule has 0 saturated heterocycles. The van der Waals surface area contributed by atoms with Crippen LogP contribution in [0.25, 0.3) is 0 Å². The van der Waals surface area contributed by atoms with Crippen LogP contribution in [0.5, 0.6) is 5.75 Å². The lowest BCUT2D eigenvalue weighted by Gasteiger charge is -2.34. The number of hydrogen-bond donors (Lipinski definition) is 1. The van der Waals surface area contributed by atoms with Gasteiger partial charge in [0.25, 0.3) is 10.0 Å². The van der Waals surface area contributed by atoms with Gasteiger partial charge in [0.1, 0.15) is 18.3 Å². The van der Waals surface area contributed by atoms with Crippen LogP contribution in [0.15, 0.2) is 108 Å². The number of anilines is 1. The molecular formula is C37H40ClN3O5S. The highest BCUT2D eigenvalue weighted by Gasteiger charge is 2.36. The summed E-state index contributed by atoms with van der Waals surface area (Å²) in [6.07, 6.45) is 4.07. The molecule has 246 valence electrons. The molecule has 0 aromatic heterocycles. The predicted octanol–water partition coefficient (Wildman–Crippen LogP) is 6.55. The highest BCUT2D eigenvalue weighted by Crippen LogP contribution is 2.31. The highest BCUT2D eigenvalue weighted by atomic mass is 35.5. The Labute approximate surface area is 282 Å². The second-order valence-electron chi connectivity index (χ2n) is 11.8. The SMILES string of the molecule is COc1cccc(CN(C(=O)CN(c2cccc(Cl)c2C)S(=O)(=O)c2ccccc2)C(Cc2ccccc2)C(=O)NC2CCCC2)c1. The molecule has 0 aliphatic heterocycles. The Bertz CT molecular complexity index is 1780. The average Bonchev–Trinajstić information content (AvgIpc) is 3.60. The van der Waals surface area contributed by atoms with E-state index in [1.54, 1.807) is 56.5 Å². The van der Waals surface area contributed by atoms with Gasteiger partial charge in [0.05, 0.1) is 17.7 Å². The number of benzene rings is 4. The number of nitrogens with one attached hydrogen (secondary N) is 1. The quantitative estimate of drug-likeness (QED) is 0.174. The molecule has 10 heteroatoms. The standard InChI is InChI=1S/C37H40ClN3O5S/c1-27-33(38)21-12-22-34(27)41(47(44,45)32-19-7-4-8-20-32)26-36(42)40(25-29-15-11-18-31(23-29)46-2)35(24-28-13-5-3-6-14-28)37(43)39-30-16-9-10-17-30/h3-8,11-15,18-23,30,35H,9-10,16-17,24-26H2,1-2H3,(H,39,43). The van der Waals surface area contributed by atoms with Crippen LogP contribution in [0, 0.1) is 6.92 Å². The van der Waals surface area contributed by atoms with Crippen molar-refractivity contribution in [2.24, 2.45) is 0 Å². The molecule has 2 amide bonds. The third-order valence-electron chi connectivity index (χ3n) is 8.58. The number of carbonyl (C=O) groups is 2. The Balaban J connectivity index is 1.59. The Morgan fingerprint density at radius 1 is 0.894 bits per heavy atom. The fourth-order valence-electron chi connectivity index (χ4n) is 5.99. The van der Waals surface area contributed by atoms with Crippen molar-refractivity contribution in [3.63, 3.8) is 0 Å². The first-order valence-corrected chi connectivity index (χ1v) is 17.6. The maximum absolute atomic E-state index is 14.7. The summed E-state index contributed by atoms with van der Waals surface area (Å²) < 4.78 is 35.0. The van der Waals surface area contributed by atoms with Crippen molar-refractivity contribution in [1.82, 2.24) is 10.2 Å². The lowest BCUT2D eigenvalue weighted by atomic mass is 10.0. The Morgan fingerprint density at radius 3 is 2.21 bits per heavy atom. The van der Waals surface area contributed by atoms with Gasteiger partial charge in [-0.1, -0.05) is 91.2 Å². The molecule has 1 atom stereocenters. The van der Waals surface area contributed by atoms with Crippen molar-refractivity contribution in [3.8, 4) is 5.75 Å². The molecule has 1 aliphatic carbocycles. The van der Waals surface area contributed by atoms with Crippen LogP contribution < -0.4 is 14.4 Å². The van der Waals surface area contributed by atoms with Crippen LogP contribution in [0.3, 0.4) is 0 Å². The molecular weight excluding hydrogens is 634 g/mol. The zero-order chi connectivity index (χ0) is 33.4. The van der Waals surface area contributed by atoms with E-state index < -0.39 is 28.5 Å². The molecule has 0 bridgehead atoms. The summed E-state index contributed by atoms with van der Waals surface area (Å²) in [5.41, 5.74) is 2.41. The summed E-state index contributed by atoms with van der Waals surface area (Å²) >= 11 is 6.47. The maximum atomic E-state index is 14.7. The largest absolute Gasteiger partial charge is 0.497 e. The fourth-order valence-corrected chi connectivity index (χ4v) is 7.65. The van der Waals surface area contributed by atoms with Crippen LogP contribution in [0.4, 0.5) is 5.69 Å². The van der Waals surface area contributed by atoms with Crippen molar-refractivity contribution in [1.29, 1.82) is 0 Å². The summed E-state index contributed by atoms with van der Waals surface area (Å²) in [4.78, 5) is 30.4. The van der Waals surface area contributed by atoms with Gasteiger partial charge >= 0.3 is 0 Å². The Kier molecular flexibility index (Phi) is 11.2. The molecule has 4 aromatic carbocycles. The molecule has 1 saturated carbocycles. The van der Waals surface area contributed by atoms with E-state index in [1.807, 2.05) is 48.5 Å². The van der Waals surface area contributed by atoms with Crippen molar-refractivity contribution < 1.29 is 22.7 Å². The number of sulfonamides is 1. The van der Waals surface area contributed by atoms with Crippen LogP contribution >= 0.6 is 11.6 Å². The topological polar surface area (TPSA) is 96.0 Å². The number of hydrogen-bond acceptors (Lipinski definition) is 5. The van der Waals surface area contributed by atoms with Gasteiger partial charge in [0.15, 0.2) is 0 Å². The van der Waals surface area contributed by atoms with Gasteiger partial charge in [-0.05, 0) is 72.9 Å². The second kappa shape index (κ2) is 15.5. The van der Waals surface area contributed by atoms with Crippen molar-refractivity contribution in [2.75, 3.05) is 18.0 Å². The number of rotatable bonds is 13. The van der Waals surface area contributed by atoms with Crippen molar-refractivity contribution in [2.45, 2.75) is 62.6 Å². The van der Waals surface area contributed by atoms with Crippen LogP contribution in [0.1, 0.15) is 42.4 Å². The molecule has 47 heavy (non-hydrogen) atoms. The lowest BCUT2D eigenvalue weighted by molar-refractivity contribution is -0.140. The van der Waals surface area contributed by atoms with E-state index in [4.69, 9.17) is 16.3 Å². The summed E-state index contributed by atoms with van der Waals surface area (Å²) in [5, 5.41) is 3.56. The van der Waals surface area contributed by atoms with E-state index in [0.717, 1.165) is 41.1 Å². The first-order chi connectivity index (χ1) is 22.7. The summed E-state index contributed by atoms with van der Waals surface area (Å²) in [6.45, 7) is 1.22. The van der Waals surface area contributed by atoms with E-state index in [2.05, 4.69) is 5.32 Å². The predicted molar refractivity (Wildman–Crippen MR) is 185 cm³/mol. The van der Waals surface area contributed by atoms with Gasteiger partial charge < -0.3 is 15.0 Å². The average molecular weight is 674 g/mol. The molecule has 0 spiro atoms. The molecule has 1 aliphatic rings. The van der Waals surface area contributed by atoms with Gasteiger partial charge in [-0.3, -0.25) is 13.9 Å². The Morgan fingerprint density at radius 2 is 1.53 bits per heavy atom. The first-order valence-electron chi connectivity index (χ1n) is 15.8. The normalized spacial score (nSPS) is 13.9. The van der Waals surface area contributed by atoms with Crippen LogP contribution in [0.2, 0.25) is 5.02 Å². The first kappa shape index (κ1) is 34.0. The van der Waals surface area contributed by atoms with E-state index in [9.17, 15) is 18.0 Å². The second-order valence-corrected chi connectivity index (χ2v) is 14.0. The van der Waals surface area contributed by atoms with Crippen molar-refractivity contribution in [3.05, 3.63) is 125 Å². The molecule has 1 fully saturated rings.